The first-order valence-corrected chi connectivity index (χ1v) is 4.21. The normalized spacial score (nSPS) is 15.6. The molecule has 0 aliphatic rings. The Hall–Kier alpha value is -0.610. The van der Waals surface area contributed by atoms with Crippen LogP contribution in [0.3, 0.4) is 0 Å². The van der Waals surface area contributed by atoms with E-state index in [0.29, 0.717) is 12.8 Å². The van der Waals surface area contributed by atoms with Gasteiger partial charge in [-0.2, -0.15) is 0 Å². The van der Waals surface area contributed by atoms with Crippen LogP contribution in [0.1, 0.15) is 32.6 Å². The van der Waals surface area contributed by atoms with Crippen LogP contribution < -0.4 is 5.73 Å². The number of rotatable bonds is 6. The van der Waals surface area contributed by atoms with Gasteiger partial charge in [-0.3, -0.25) is 4.79 Å². The van der Waals surface area contributed by atoms with Crippen molar-refractivity contribution in [3.8, 4) is 0 Å². The Morgan fingerprint density at radius 1 is 1.58 bits per heavy atom. The summed E-state index contributed by atoms with van der Waals surface area (Å²) in [7, 11) is 0. The lowest BCUT2D eigenvalue weighted by molar-refractivity contribution is -0.137. The third kappa shape index (κ3) is 6.12. The second-order valence-corrected chi connectivity index (χ2v) is 3.04. The van der Waals surface area contributed by atoms with E-state index in [9.17, 15) is 9.90 Å². The van der Waals surface area contributed by atoms with Crippen LogP contribution in [-0.2, 0) is 4.79 Å². The highest BCUT2D eigenvalue weighted by atomic mass is 16.4. The quantitative estimate of drug-likeness (QED) is 0.543. The summed E-state index contributed by atoms with van der Waals surface area (Å²) in [5, 5.41) is 17.6. The summed E-state index contributed by atoms with van der Waals surface area (Å²) < 4.78 is 0. The van der Waals surface area contributed by atoms with Gasteiger partial charge < -0.3 is 15.9 Å². The van der Waals surface area contributed by atoms with Gasteiger partial charge >= 0.3 is 5.97 Å². The first-order valence-electron chi connectivity index (χ1n) is 4.21. The maximum atomic E-state index is 10.2. The van der Waals surface area contributed by atoms with Gasteiger partial charge in [0.25, 0.3) is 0 Å². The smallest absolute Gasteiger partial charge is 0.304 e. The van der Waals surface area contributed by atoms with E-state index in [2.05, 4.69) is 0 Å². The van der Waals surface area contributed by atoms with Crippen molar-refractivity contribution in [1.29, 1.82) is 0 Å². The van der Waals surface area contributed by atoms with Gasteiger partial charge in [0.2, 0.25) is 0 Å². The molecule has 0 amide bonds. The summed E-state index contributed by atoms with van der Waals surface area (Å²) in [6.07, 6.45) is 1.43. The molecule has 0 aliphatic carbocycles. The molecule has 4 N–H and O–H groups in total. The molecular weight excluding hydrogens is 158 g/mol. The van der Waals surface area contributed by atoms with Crippen LogP contribution >= 0.6 is 0 Å². The van der Waals surface area contributed by atoms with Crippen molar-refractivity contribution in [2.45, 2.75) is 44.8 Å². The number of hydrogen-bond donors (Lipinski definition) is 3. The molecule has 0 bridgehead atoms. The maximum absolute atomic E-state index is 10.2. The summed E-state index contributed by atoms with van der Waals surface area (Å²) in [4.78, 5) is 10.2. The lowest BCUT2D eigenvalue weighted by Gasteiger charge is -2.13. The van der Waals surface area contributed by atoms with E-state index in [0.717, 1.165) is 6.42 Å². The van der Waals surface area contributed by atoms with E-state index < -0.39 is 18.1 Å². The fraction of sp³-hybridized carbons (Fsp3) is 0.875. The summed E-state index contributed by atoms with van der Waals surface area (Å²) in [5.74, 6) is -0.911. The minimum atomic E-state index is -0.911. The van der Waals surface area contributed by atoms with Crippen molar-refractivity contribution in [3.63, 3.8) is 0 Å². The van der Waals surface area contributed by atoms with Crippen LogP contribution in [0.25, 0.3) is 0 Å². The van der Waals surface area contributed by atoms with Crippen LogP contribution in [0.4, 0.5) is 0 Å². The number of hydrogen-bond acceptors (Lipinski definition) is 3. The molecule has 0 heterocycles. The Bertz CT molecular complexity index is 138. The highest BCUT2D eigenvalue weighted by molar-refractivity contribution is 5.67. The third-order valence-electron chi connectivity index (χ3n) is 1.63. The first-order chi connectivity index (χ1) is 5.56. The number of carboxylic acid groups (broad SMARTS) is 1. The second kappa shape index (κ2) is 5.97. The van der Waals surface area contributed by atoms with Crippen LogP contribution in [0.5, 0.6) is 0 Å². The topological polar surface area (TPSA) is 83.5 Å². The summed E-state index contributed by atoms with van der Waals surface area (Å²) in [5.41, 5.74) is 5.46. The fourth-order valence-corrected chi connectivity index (χ4v) is 1.11. The monoisotopic (exact) mass is 175 g/mol. The molecule has 4 nitrogen and oxygen atoms in total. The molecule has 2 unspecified atom stereocenters. The van der Waals surface area contributed by atoms with E-state index in [-0.39, 0.29) is 6.42 Å². The van der Waals surface area contributed by atoms with Crippen molar-refractivity contribution < 1.29 is 15.0 Å². The van der Waals surface area contributed by atoms with E-state index in [4.69, 9.17) is 10.8 Å². The number of carboxylic acids is 1. The van der Waals surface area contributed by atoms with Gasteiger partial charge in [-0.15, -0.1) is 0 Å². The van der Waals surface area contributed by atoms with Crippen LogP contribution in [-0.4, -0.2) is 28.3 Å². The van der Waals surface area contributed by atoms with Gasteiger partial charge in [0.05, 0.1) is 12.5 Å². The van der Waals surface area contributed by atoms with Gasteiger partial charge in [-0.05, 0) is 12.8 Å². The van der Waals surface area contributed by atoms with Crippen molar-refractivity contribution in [2.75, 3.05) is 0 Å². The molecule has 2 atom stereocenters. The largest absolute Gasteiger partial charge is 0.481 e. The number of aliphatic hydroxyl groups excluding tert-OH is 1. The number of aliphatic carboxylic acids is 1. The molecule has 0 aliphatic heterocycles. The van der Waals surface area contributed by atoms with Crippen LogP contribution in [0.2, 0.25) is 0 Å². The lowest BCUT2D eigenvalue weighted by atomic mass is 10.0. The van der Waals surface area contributed by atoms with E-state index in [1.54, 1.807) is 0 Å². The summed E-state index contributed by atoms with van der Waals surface area (Å²) >= 11 is 0. The average molecular weight is 175 g/mol. The van der Waals surface area contributed by atoms with Crippen molar-refractivity contribution >= 4 is 5.97 Å². The molecule has 4 heteroatoms. The second-order valence-electron chi connectivity index (χ2n) is 3.04. The van der Waals surface area contributed by atoms with E-state index in [1.807, 2.05) is 6.92 Å². The van der Waals surface area contributed by atoms with Crippen LogP contribution in [0.15, 0.2) is 0 Å². The molecule has 0 rings (SSSR count). The molecule has 0 fully saturated rings. The zero-order valence-electron chi connectivity index (χ0n) is 7.36. The molecular formula is C8H17NO3. The summed E-state index contributed by atoms with van der Waals surface area (Å²) in [6.45, 7) is 1.96. The molecule has 0 saturated heterocycles. The highest BCUT2D eigenvalue weighted by Crippen LogP contribution is 2.05. The molecule has 0 saturated carbocycles. The molecule has 12 heavy (non-hydrogen) atoms. The third-order valence-corrected chi connectivity index (χ3v) is 1.63. The zero-order valence-corrected chi connectivity index (χ0v) is 7.36. The number of aliphatic hydroxyl groups is 1. The maximum Gasteiger partial charge on any atom is 0.304 e. The molecule has 0 aromatic heterocycles. The predicted molar refractivity (Wildman–Crippen MR) is 45.8 cm³/mol. The molecule has 0 aromatic carbocycles. The van der Waals surface area contributed by atoms with Crippen LogP contribution in [0, 0.1) is 0 Å². The number of carbonyl (C=O) groups is 1. The fourth-order valence-electron chi connectivity index (χ4n) is 1.11. The average Bonchev–Trinajstić information content (AvgIpc) is 1.84. The molecule has 0 spiro atoms. The minimum Gasteiger partial charge on any atom is -0.481 e. The SMILES string of the molecule is CCCC(O)CC(N)CC(=O)O. The summed E-state index contributed by atoms with van der Waals surface area (Å²) in [6, 6.07) is -0.427. The standard InChI is InChI=1S/C8H17NO3/c1-2-3-7(10)4-6(9)5-8(11)12/h6-7,10H,2-5,9H2,1H3,(H,11,12). The Balaban J connectivity index is 3.53. The van der Waals surface area contributed by atoms with Gasteiger partial charge in [-0.25, -0.2) is 0 Å². The predicted octanol–water partition coefficient (Wildman–Crippen LogP) is 0.339. The van der Waals surface area contributed by atoms with Gasteiger partial charge in [0, 0.05) is 6.04 Å². The van der Waals surface area contributed by atoms with Crippen molar-refractivity contribution in [1.82, 2.24) is 0 Å². The highest BCUT2D eigenvalue weighted by Gasteiger charge is 2.12. The van der Waals surface area contributed by atoms with E-state index in [1.165, 1.54) is 0 Å². The Labute approximate surface area is 72.4 Å². The van der Waals surface area contributed by atoms with Crippen molar-refractivity contribution in [3.05, 3.63) is 0 Å². The lowest BCUT2D eigenvalue weighted by Crippen LogP contribution is -2.28. The van der Waals surface area contributed by atoms with Gasteiger partial charge in [0.15, 0.2) is 0 Å². The molecule has 0 radical (unpaired) electrons. The van der Waals surface area contributed by atoms with Crippen molar-refractivity contribution in [2.24, 2.45) is 5.73 Å². The Morgan fingerprint density at radius 3 is 2.58 bits per heavy atom. The molecule has 72 valence electrons. The van der Waals surface area contributed by atoms with Gasteiger partial charge in [-0.1, -0.05) is 13.3 Å². The van der Waals surface area contributed by atoms with Gasteiger partial charge in [0.1, 0.15) is 0 Å². The zero-order chi connectivity index (χ0) is 9.56. The minimum absolute atomic E-state index is 0.0687. The Morgan fingerprint density at radius 2 is 2.17 bits per heavy atom. The Kier molecular flexibility index (Phi) is 5.66. The first kappa shape index (κ1) is 11.4. The van der Waals surface area contributed by atoms with E-state index >= 15 is 0 Å². The molecule has 0 aromatic rings. The number of nitrogens with two attached hydrogens (primary N) is 1.